The molecule has 0 fully saturated rings. The van der Waals surface area contributed by atoms with Crippen molar-refractivity contribution in [2.75, 3.05) is 17.1 Å². The molecule has 0 aliphatic rings. The monoisotopic (exact) mass is 310 g/mol. The number of rotatable bonds is 3. The van der Waals surface area contributed by atoms with E-state index in [9.17, 15) is 17.9 Å². The molecule has 0 heterocycles. The second kappa shape index (κ2) is 5.25. The van der Waals surface area contributed by atoms with Crippen LogP contribution in [0.2, 0.25) is 0 Å². The summed E-state index contributed by atoms with van der Waals surface area (Å²) in [4.78, 5) is -0.203. The molecule has 5 nitrogen and oxygen atoms in total. The quantitative estimate of drug-likeness (QED) is 0.852. The van der Waals surface area contributed by atoms with E-state index in [0.717, 1.165) is 10.4 Å². The molecule has 0 radical (unpaired) electrons. The van der Waals surface area contributed by atoms with Crippen molar-refractivity contribution in [3.63, 3.8) is 0 Å². The minimum Gasteiger partial charge on any atom is -0.508 e. The zero-order valence-electron chi connectivity index (χ0n) is 11.5. The molecule has 0 saturated carbocycles. The Bertz CT molecular complexity index is 791. The summed E-state index contributed by atoms with van der Waals surface area (Å²) in [6.07, 6.45) is 0. The Morgan fingerprint density at radius 1 is 1.24 bits per heavy atom. The van der Waals surface area contributed by atoms with Crippen LogP contribution in [-0.2, 0) is 10.0 Å². The van der Waals surface area contributed by atoms with E-state index in [1.807, 2.05) is 0 Å². The number of hydrogen-bond acceptors (Lipinski definition) is 4. The van der Waals surface area contributed by atoms with Crippen molar-refractivity contribution in [1.29, 1.82) is 0 Å². The Morgan fingerprint density at radius 2 is 1.90 bits per heavy atom. The Balaban J connectivity index is 2.57. The van der Waals surface area contributed by atoms with Gasteiger partial charge in [0, 0.05) is 24.4 Å². The number of benzene rings is 2. The molecule has 112 valence electrons. The summed E-state index contributed by atoms with van der Waals surface area (Å²) in [5.41, 5.74) is 5.81. The SMILES string of the molecule is Cc1c(F)cc(N)cc1S(=O)(=O)N(C)c1cccc(O)c1. The first kappa shape index (κ1) is 15.1. The average Bonchev–Trinajstić information content (AvgIpc) is 2.41. The minimum atomic E-state index is -3.98. The molecule has 0 bridgehead atoms. The predicted octanol–water partition coefficient (Wildman–Crippen LogP) is 2.25. The number of anilines is 2. The average molecular weight is 310 g/mol. The number of phenolic OH excluding ortho intramolecular Hbond substituents is 1. The van der Waals surface area contributed by atoms with Gasteiger partial charge in [0.25, 0.3) is 10.0 Å². The third-order valence-corrected chi connectivity index (χ3v) is 5.06. The van der Waals surface area contributed by atoms with Gasteiger partial charge in [-0.05, 0) is 31.2 Å². The summed E-state index contributed by atoms with van der Waals surface area (Å²) >= 11 is 0. The van der Waals surface area contributed by atoms with E-state index in [-0.39, 0.29) is 27.6 Å². The topological polar surface area (TPSA) is 83.6 Å². The van der Waals surface area contributed by atoms with Gasteiger partial charge in [-0.25, -0.2) is 12.8 Å². The van der Waals surface area contributed by atoms with Crippen LogP contribution in [0.4, 0.5) is 15.8 Å². The van der Waals surface area contributed by atoms with Crippen LogP contribution in [0.5, 0.6) is 5.75 Å². The van der Waals surface area contributed by atoms with Gasteiger partial charge < -0.3 is 10.8 Å². The van der Waals surface area contributed by atoms with Gasteiger partial charge in [-0.1, -0.05) is 6.07 Å². The summed E-state index contributed by atoms with van der Waals surface area (Å²) < 4.78 is 39.8. The van der Waals surface area contributed by atoms with E-state index in [4.69, 9.17) is 5.73 Å². The number of sulfonamides is 1. The summed E-state index contributed by atoms with van der Waals surface area (Å²) in [6.45, 7) is 1.37. The van der Waals surface area contributed by atoms with Gasteiger partial charge in [0.2, 0.25) is 0 Å². The lowest BCUT2D eigenvalue weighted by Gasteiger charge is -2.21. The first-order valence-corrected chi connectivity index (χ1v) is 7.51. The van der Waals surface area contributed by atoms with Crippen LogP contribution in [0.3, 0.4) is 0 Å². The maximum absolute atomic E-state index is 13.7. The highest BCUT2D eigenvalue weighted by Crippen LogP contribution is 2.28. The van der Waals surface area contributed by atoms with Gasteiger partial charge >= 0.3 is 0 Å². The summed E-state index contributed by atoms with van der Waals surface area (Å²) in [5.74, 6) is -0.747. The van der Waals surface area contributed by atoms with Crippen LogP contribution in [0.15, 0.2) is 41.3 Å². The lowest BCUT2D eigenvalue weighted by Crippen LogP contribution is -2.27. The Hall–Kier alpha value is -2.28. The molecule has 21 heavy (non-hydrogen) atoms. The molecular weight excluding hydrogens is 295 g/mol. The largest absolute Gasteiger partial charge is 0.508 e. The maximum Gasteiger partial charge on any atom is 0.264 e. The molecule has 2 aromatic rings. The van der Waals surface area contributed by atoms with E-state index in [1.165, 1.54) is 44.3 Å². The van der Waals surface area contributed by atoms with E-state index < -0.39 is 15.8 Å². The van der Waals surface area contributed by atoms with Crippen molar-refractivity contribution in [3.05, 3.63) is 47.8 Å². The number of halogens is 1. The van der Waals surface area contributed by atoms with Crippen LogP contribution in [0.1, 0.15) is 5.56 Å². The molecule has 7 heteroatoms. The lowest BCUT2D eigenvalue weighted by molar-refractivity contribution is 0.475. The fourth-order valence-electron chi connectivity index (χ4n) is 1.92. The fraction of sp³-hybridized carbons (Fsp3) is 0.143. The lowest BCUT2D eigenvalue weighted by atomic mass is 10.2. The van der Waals surface area contributed by atoms with Gasteiger partial charge in [-0.2, -0.15) is 0 Å². The van der Waals surface area contributed by atoms with Gasteiger partial charge in [0.05, 0.1) is 10.6 Å². The summed E-state index contributed by atoms with van der Waals surface area (Å²) in [6, 6.07) is 8.05. The molecule has 0 aromatic heterocycles. The third-order valence-electron chi connectivity index (χ3n) is 3.15. The molecule has 3 N–H and O–H groups in total. The van der Waals surface area contributed by atoms with Crippen LogP contribution < -0.4 is 10.0 Å². The van der Waals surface area contributed by atoms with Crippen molar-refractivity contribution < 1.29 is 17.9 Å². The van der Waals surface area contributed by atoms with Gasteiger partial charge in [0.15, 0.2) is 0 Å². The first-order chi connectivity index (χ1) is 9.73. The highest BCUT2D eigenvalue weighted by Gasteiger charge is 2.25. The normalized spacial score (nSPS) is 11.4. The highest BCUT2D eigenvalue weighted by molar-refractivity contribution is 7.92. The number of phenols is 1. The van der Waals surface area contributed by atoms with Gasteiger partial charge in [0.1, 0.15) is 11.6 Å². The number of nitrogens with zero attached hydrogens (tertiary/aromatic N) is 1. The van der Waals surface area contributed by atoms with Crippen LogP contribution in [-0.4, -0.2) is 20.6 Å². The van der Waals surface area contributed by atoms with Gasteiger partial charge in [-0.3, -0.25) is 4.31 Å². The van der Waals surface area contributed by atoms with Crippen LogP contribution in [0.25, 0.3) is 0 Å². The van der Waals surface area contributed by atoms with E-state index in [2.05, 4.69) is 0 Å². The molecule has 0 unspecified atom stereocenters. The fourth-order valence-corrected chi connectivity index (χ4v) is 3.37. The Kier molecular flexibility index (Phi) is 3.78. The second-order valence-corrected chi connectivity index (χ2v) is 6.56. The zero-order chi connectivity index (χ0) is 15.8. The van der Waals surface area contributed by atoms with Gasteiger partial charge in [-0.15, -0.1) is 0 Å². The highest BCUT2D eigenvalue weighted by atomic mass is 32.2. The van der Waals surface area contributed by atoms with E-state index >= 15 is 0 Å². The second-order valence-electron chi connectivity index (χ2n) is 4.62. The van der Waals surface area contributed by atoms with Crippen LogP contribution >= 0.6 is 0 Å². The van der Waals surface area contributed by atoms with Crippen LogP contribution in [0, 0.1) is 12.7 Å². The molecule has 2 aromatic carbocycles. The van der Waals surface area contributed by atoms with Crippen molar-refractivity contribution in [1.82, 2.24) is 0 Å². The molecule has 0 amide bonds. The van der Waals surface area contributed by atoms with E-state index in [1.54, 1.807) is 0 Å². The smallest absolute Gasteiger partial charge is 0.264 e. The van der Waals surface area contributed by atoms with Crippen molar-refractivity contribution >= 4 is 21.4 Å². The Morgan fingerprint density at radius 3 is 2.52 bits per heavy atom. The molecule has 2 rings (SSSR count). The molecule has 0 atom stereocenters. The molecular formula is C14H15FN2O3S. The van der Waals surface area contributed by atoms with E-state index in [0.29, 0.717) is 0 Å². The first-order valence-electron chi connectivity index (χ1n) is 6.07. The number of aromatic hydroxyl groups is 1. The minimum absolute atomic E-state index is 0.00352. The van der Waals surface area contributed by atoms with Crippen molar-refractivity contribution in [2.24, 2.45) is 0 Å². The molecule has 0 aliphatic heterocycles. The standard InChI is InChI=1S/C14H15FN2O3S/c1-9-13(15)6-10(16)7-14(9)21(19,20)17(2)11-4-3-5-12(18)8-11/h3-8,18H,16H2,1-2H3. The maximum atomic E-state index is 13.7. The Labute approximate surface area is 122 Å². The zero-order valence-corrected chi connectivity index (χ0v) is 12.4. The molecule has 0 spiro atoms. The predicted molar refractivity (Wildman–Crippen MR) is 79.2 cm³/mol. The molecule has 0 aliphatic carbocycles. The number of hydrogen-bond donors (Lipinski definition) is 2. The van der Waals surface area contributed by atoms with Crippen molar-refractivity contribution in [2.45, 2.75) is 11.8 Å². The molecule has 0 saturated heterocycles. The number of nitrogens with two attached hydrogens (primary N) is 1. The summed E-state index contributed by atoms with van der Waals surface area (Å²) in [7, 11) is -2.66. The van der Waals surface area contributed by atoms with Crippen molar-refractivity contribution in [3.8, 4) is 5.75 Å². The summed E-state index contributed by atoms with van der Waals surface area (Å²) in [5, 5.41) is 9.44. The third kappa shape index (κ3) is 2.78. The number of nitrogen functional groups attached to an aromatic ring is 1.